The summed E-state index contributed by atoms with van der Waals surface area (Å²) in [6.07, 6.45) is 4.48. The highest BCUT2D eigenvalue weighted by molar-refractivity contribution is 6.35. The number of aryl methyl sites for hydroxylation is 1. The van der Waals surface area contributed by atoms with Crippen molar-refractivity contribution in [3.05, 3.63) is 35.0 Å². The Morgan fingerprint density at radius 2 is 2.20 bits per heavy atom. The van der Waals surface area contributed by atoms with Crippen LogP contribution in [0.1, 0.15) is 31.7 Å². The van der Waals surface area contributed by atoms with E-state index in [-0.39, 0.29) is 11.8 Å². The van der Waals surface area contributed by atoms with Crippen molar-refractivity contribution in [1.82, 2.24) is 20.1 Å². The Morgan fingerprint density at radius 1 is 1.37 bits per heavy atom. The number of nitrogens with one attached hydrogen (secondary N) is 2. The first-order chi connectivity index (χ1) is 14.5. The lowest BCUT2D eigenvalue weighted by atomic mass is 10.1. The standard InChI is InChI=1S/C22H29ClN4O3/c1-15(28)25-7-2-9-26-14-19(23)18-6-3-16(11-20(18)26)13-27(17-4-5-17)22(29)21-12-24-8-10-30-21/h3,6,11,14,17,21,24H,2,4-5,7-10,12-13H2,1H3,(H,25,28). The molecule has 2 fully saturated rings. The SMILES string of the molecule is CC(=O)NCCCn1cc(Cl)c2ccc(CN(C(=O)C3CNCCO3)C3CC3)cc21. The molecule has 0 radical (unpaired) electrons. The number of ether oxygens (including phenoxy) is 1. The van der Waals surface area contributed by atoms with Gasteiger partial charge in [0.05, 0.1) is 11.6 Å². The van der Waals surface area contributed by atoms with Crippen LogP contribution in [0.2, 0.25) is 5.02 Å². The molecule has 2 aliphatic rings. The van der Waals surface area contributed by atoms with Gasteiger partial charge in [0.25, 0.3) is 5.91 Å². The molecule has 4 rings (SSSR count). The van der Waals surface area contributed by atoms with Gasteiger partial charge in [0.15, 0.2) is 0 Å². The van der Waals surface area contributed by atoms with E-state index in [9.17, 15) is 9.59 Å². The fraction of sp³-hybridized carbons (Fsp3) is 0.545. The molecule has 2 aromatic rings. The van der Waals surface area contributed by atoms with E-state index in [1.54, 1.807) is 0 Å². The van der Waals surface area contributed by atoms with Gasteiger partial charge < -0.3 is 24.8 Å². The zero-order valence-electron chi connectivity index (χ0n) is 17.3. The Hall–Kier alpha value is -2.09. The van der Waals surface area contributed by atoms with Crippen LogP contribution in [0.5, 0.6) is 0 Å². The first kappa shape index (κ1) is 21.2. The van der Waals surface area contributed by atoms with Crippen molar-refractivity contribution in [3.63, 3.8) is 0 Å². The van der Waals surface area contributed by atoms with Crippen LogP contribution in [0, 0.1) is 0 Å². The number of benzene rings is 1. The highest BCUT2D eigenvalue weighted by atomic mass is 35.5. The van der Waals surface area contributed by atoms with E-state index in [1.165, 1.54) is 6.92 Å². The maximum Gasteiger partial charge on any atom is 0.253 e. The average molecular weight is 433 g/mol. The third-order valence-electron chi connectivity index (χ3n) is 5.67. The summed E-state index contributed by atoms with van der Waals surface area (Å²) in [5.74, 6) is 0.0585. The molecule has 1 unspecified atom stereocenters. The summed E-state index contributed by atoms with van der Waals surface area (Å²) < 4.78 is 7.82. The molecule has 162 valence electrons. The Labute approximate surface area is 181 Å². The number of aromatic nitrogens is 1. The lowest BCUT2D eigenvalue weighted by molar-refractivity contribution is -0.146. The molecule has 1 saturated carbocycles. The Kier molecular flexibility index (Phi) is 6.61. The molecule has 7 nitrogen and oxygen atoms in total. The molecule has 2 N–H and O–H groups in total. The van der Waals surface area contributed by atoms with Gasteiger partial charge in [0.1, 0.15) is 6.10 Å². The fourth-order valence-electron chi connectivity index (χ4n) is 3.97. The molecular formula is C22H29ClN4O3. The largest absolute Gasteiger partial charge is 0.366 e. The Morgan fingerprint density at radius 3 is 2.90 bits per heavy atom. The van der Waals surface area contributed by atoms with Crippen LogP contribution in [0.3, 0.4) is 0 Å². The van der Waals surface area contributed by atoms with E-state index >= 15 is 0 Å². The molecule has 1 aliphatic carbocycles. The zero-order chi connectivity index (χ0) is 21.1. The summed E-state index contributed by atoms with van der Waals surface area (Å²) >= 11 is 6.43. The quantitative estimate of drug-likeness (QED) is 0.627. The van der Waals surface area contributed by atoms with Crippen molar-refractivity contribution in [2.45, 2.75) is 51.4 Å². The summed E-state index contributed by atoms with van der Waals surface area (Å²) in [5, 5.41) is 7.79. The Balaban J connectivity index is 1.49. The predicted molar refractivity (Wildman–Crippen MR) is 116 cm³/mol. The topological polar surface area (TPSA) is 75.6 Å². The van der Waals surface area contributed by atoms with Gasteiger partial charge in [-0.1, -0.05) is 23.7 Å². The van der Waals surface area contributed by atoms with Crippen molar-refractivity contribution in [3.8, 4) is 0 Å². The van der Waals surface area contributed by atoms with Crippen LogP contribution in [0.25, 0.3) is 10.9 Å². The molecule has 1 aromatic carbocycles. The second kappa shape index (κ2) is 9.37. The number of amides is 2. The third-order valence-corrected chi connectivity index (χ3v) is 5.98. The van der Waals surface area contributed by atoms with Crippen molar-refractivity contribution in [2.24, 2.45) is 0 Å². The summed E-state index contributed by atoms with van der Waals surface area (Å²) in [4.78, 5) is 26.1. The highest BCUT2D eigenvalue weighted by Gasteiger charge is 2.36. The Bertz CT molecular complexity index is 918. The number of rotatable bonds is 8. The summed E-state index contributed by atoms with van der Waals surface area (Å²) in [7, 11) is 0. The molecular weight excluding hydrogens is 404 g/mol. The van der Waals surface area contributed by atoms with E-state index < -0.39 is 6.10 Å². The number of morpholine rings is 1. The van der Waals surface area contributed by atoms with Gasteiger partial charge in [-0.3, -0.25) is 9.59 Å². The number of hydrogen-bond acceptors (Lipinski definition) is 4. The smallest absolute Gasteiger partial charge is 0.253 e. The van der Waals surface area contributed by atoms with Crippen LogP contribution in [0.4, 0.5) is 0 Å². The molecule has 0 spiro atoms. The van der Waals surface area contributed by atoms with Crippen molar-refractivity contribution in [1.29, 1.82) is 0 Å². The molecule has 0 bridgehead atoms. The normalized spacial score (nSPS) is 19.1. The first-order valence-corrected chi connectivity index (χ1v) is 11.0. The fourth-order valence-corrected chi connectivity index (χ4v) is 4.25. The van der Waals surface area contributed by atoms with Crippen molar-refractivity contribution < 1.29 is 14.3 Å². The van der Waals surface area contributed by atoms with Crippen LogP contribution in [-0.4, -0.2) is 59.7 Å². The molecule has 8 heteroatoms. The number of hydrogen-bond donors (Lipinski definition) is 2. The van der Waals surface area contributed by atoms with E-state index in [2.05, 4.69) is 27.3 Å². The van der Waals surface area contributed by atoms with E-state index in [0.29, 0.717) is 37.3 Å². The van der Waals surface area contributed by atoms with E-state index in [4.69, 9.17) is 16.3 Å². The van der Waals surface area contributed by atoms with Gasteiger partial charge in [-0.05, 0) is 30.9 Å². The number of fused-ring (bicyclic) bond motifs is 1. The van der Waals surface area contributed by atoms with Crippen LogP contribution >= 0.6 is 11.6 Å². The average Bonchev–Trinajstić information content (AvgIpc) is 3.54. The van der Waals surface area contributed by atoms with E-state index in [1.807, 2.05) is 17.2 Å². The van der Waals surface area contributed by atoms with Crippen LogP contribution in [-0.2, 0) is 27.4 Å². The predicted octanol–water partition coefficient (Wildman–Crippen LogP) is 2.30. The summed E-state index contributed by atoms with van der Waals surface area (Å²) in [5.41, 5.74) is 2.14. The summed E-state index contributed by atoms with van der Waals surface area (Å²) in [6, 6.07) is 6.53. The van der Waals surface area contributed by atoms with Gasteiger partial charge in [0, 0.05) is 62.8 Å². The van der Waals surface area contributed by atoms with Gasteiger partial charge >= 0.3 is 0 Å². The first-order valence-electron chi connectivity index (χ1n) is 10.7. The molecule has 1 saturated heterocycles. The molecule has 1 aromatic heterocycles. The number of carbonyl (C=O) groups excluding carboxylic acids is 2. The van der Waals surface area contributed by atoms with Crippen LogP contribution < -0.4 is 10.6 Å². The maximum atomic E-state index is 13.0. The van der Waals surface area contributed by atoms with Gasteiger partial charge in [-0.2, -0.15) is 0 Å². The second-order valence-electron chi connectivity index (χ2n) is 8.12. The van der Waals surface area contributed by atoms with Gasteiger partial charge in [0.2, 0.25) is 5.91 Å². The molecule has 1 atom stereocenters. The van der Waals surface area contributed by atoms with E-state index in [0.717, 1.165) is 48.8 Å². The summed E-state index contributed by atoms with van der Waals surface area (Å²) in [6.45, 7) is 5.44. The van der Waals surface area contributed by atoms with Gasteiger partial charge in [-0.25, -0.2) is 0 Å². The molecule has 30 heavy (non-hydrogen) atoms. The zero-order valence-corrected chi connectivity index (χ0v) is 18.1. The van der Waals surface area contributed by atoms with Gasteiger partial charge in [-0.15, -0.1) is 0 Å². The number of nitrogens with zero attached hydrogens (tertiary/aromatic N) is 2. The van der Waals surface area contributed by atoms with Crippen LogP contribution in [0.15, 0.2) is 24.4 Å². The maximum absolute atomic E-state index is 13.0. The minimum absolute atomic E-state index is 0.0188. The lowest BCUT2D eigenvalue weighted by Gasteiger charge is -2.30. The molecule has 2 heterocycles. The third kappa shape index (κ3) is 4.96. The lowest BCUT2D eigenvalue weighted by Crippen LogP contribution is -2.49. The van der Waals surface area contributed by atoms with Crippen molar-refractivity contribution in [2.75, 3.05) is 26.2 Å². The number of halogens is 1. The molecule has 2 amide bonds. The minimum Gasteiger partial charge on any atom is -0.366 e. The minimum atomic E-state index is -0.393. The molecule has 1 aliphatic heterocycles. The van der Waals surface area contributed by atoms with Crippen molar-refractivity contribution >= 4 is 34.3 Å². The highest BCUT2D eigenvalue weighted by Crippen LogP contribution is 2.31. The monoisotopic (exact) mass is 432 g/mol. The number of carbonyl (C=O) groups is 2. The second-order valence-corrected chi connectivity index (χ2v) is 8.53.